The Morgan fingerprint density at radius 3 is 2.29 bits per heavy atom. The maximum atomic E-state index is 10.8. The lowest BCUT2D eigenvalue weighted by Gasteiger charge is -2.62. The third kappa shape index (κ3) is 3.67. The number of fused-ring (bicyclic) bond motifs is 5. The van der Waals surface area contributed by atoms with Gasteiger partial charge in [-0.1, -0.05) is 72.5 Å². The van der Waals surface area contributed by atoms with Gasteiger partial charge in [-0.25, -0.2) is 0 Å². The summed E-state index contributed by atoms with van der Waals surface area (Å²) in [5.41, 5.74) is 2.17. The minimum absolute atomic E-state index is 0.113. The van der Waals surface area contributed by atoms with Crippen molar-refractivity contribution in [2.45, 2.75) is 112 Å². The third-order valence-electron chi connectivity index (χ3n) is 11.3. The standard InChI is InChI=1S/C29H50O2/c1-19(2)8-7-9-20(3)22-11-12-23-21-10-13-25-28(5,24(21)14-16-27(22,23)4)17-15-26(31)29(25,6)18-30/h10,19-20,22-26,30-31H,7-9,11-18H2,1-6H3/t20-,22-,23+,24?,25-,26+,27-,28-,29+/m1/s1. The van der Waals surface area contributed by atoms with E-state index in [2.05, 4.69) is 47.6 Å². The van der Waals surface area contributed by atoms with Crippen LogP contribution < -0.4 is 0 Å². The van der Waals surface area contributed by atoms with Crippen LogP contribution in [0.25, 0.3) is 0 Å². The molecule has 3 saturated carbocycles. The molecule has 0 bridgehead atoms. The largest absolute Gasteiger partial charge is 0.396 e. The number of hydrogen-bond donors (Lipinski definition) is 2. The summed E-state index contributed by atoms with van der Waals surface area (Å²) in [4.78, 5) is 0. The van der Waals surface area contributed by atoms with Crippen LogP contribution in [0.5, 0.6) is 0 Å². The summed E-state index contributed by atoms with van der Waals surface area (Å²) < 4.78 is 0. The second kappa shape index (κ2) is 8.46. The Bertz CT molecular complexity index is 682. The van der Waals surface area contributed by atoms with Crippen molar-refractivity contribution in [1.29, 1.82) is 0 Å². The molecular formula is C29H50O2. The van der Waals surface area contributed by atoms with E-state index in [1.54, 1.807) is 5.57 Å². The molecule has 0 saturated heterocycles. The van der Waals surface area contributed by atoms with Crippen molar-refractivity contribution < 1.29 is 10.2 Å². The van der Waals surface area contributed by atoms with Crippen LogP contribution in [-0.2, 0) is 0 Å². The lowest BCUT2D eigenvalue weighted by Crippen LogP contribution is -2.58. The highest BCUT2D eigenvalue weighted by Crippen LogP contribution is 2.68. The maximum absolute atomic E-state index is 10.8. The van der Waals surface area contributed by atoms with Crippen LogP contribution in [0.1, 0.15) is 106 Å². The highest BCUT2D eigenvalue weighted by Gasteiger charge is 2.61. The molecule has 4 aliphatic carbocycles. The summed E-state index contributed by atoms with van der Waals surface area (Å²) in [6.07, 6.45) is 14.9. The predicted octanol–water partition coefficient (Wildman–Crippen LogP) is 7.00. The maximum Gasteiger partial charge on any atom is 0.0618 e. The number of allylic oxidation sites excluding steroid dienone is 2. The fourth-order valence-corrected chi connectivity index (χ4v) is 9.38. The van der Waals surface area contributed by atoms with Crippen LogP contribution in [0.4, 0.5) is 0 Å². The Kier molecular flexibility index (Phi) is 6.50. The molecule has 3 fully saturated rings. The Morgan fingerprint density at radius 2 is 1.61 bits per heavy atom. The highest BCUT2D eigenvalue weighted by molar-refractivity contribution is 5.29. The van der Waals surface area contributed by atoms with Gasteiger partial charge in [0.1, 0.15) is 0 Å². The minimum Gasteiger partial charge on any atom is -0.396 e. The molecule has 9 atom stereocenters. The van der Waals surface area contributed by atoms with Crippen LogP contribution in [0.3, 0.4) is 0 Å². The summed E-state index contributed by atoms with van der Waals surface area (Å²) in [6, 6.07) is 0. The van der Waals surface area contributed by atoms with Gasteiger partial charge in [0, 0.05) is 5.41 Å². The Balaban J connectivity index is 1.56. The van der Waals surface area contributed by atoms with Gasteiger partial charge in [0.2, 0.25) is 0 Å². The summed E-state index contributed by atoms with van der Waals surface area (Å²) >= 11 is 0. The second-order valence-corrected chi connectivity index (χ2v) is 13.4. The molecule has 2 N–H and O–H groups in total. The van der Waals surface area contributed by atoms with Gasteiger partial charge < -0.3 is 10.2 Å². The van der Waals surface area contributed by atoms with Crippen LogP contribution >= 0.6 is 0 Å². The molecule has 2 nitrogen and oxygen atoms in total. The van der Waals surface area contributed by atoms with Gasteiger partial charge >= 0.3 is 0 Å². The molecule has 2 heteroatoms. The number of aliphatic hydroxyl groups excluding tert-OH is 2. The summed E-state index contributed by atoms with van der Waals surface area (Å²) in [5.74, 6) is 4.40. The SMILES string of the molecule is CC(C)CCC[C@@H](C)[C@H]1CC[C@H]2C3=CC[C@H]4[C@](C)(CO)[C@@H](O)CC[C@]4(C)C3CC[C@]12C. The van der Waals surface area contributed by atoms with Crippen LogP contribution in [0.15, 0.2) is 11.6 Å². The highest BCUT2D eigenvalue weighted by atomic mass is 16.3. The predicted molar refractivity (Wildman–Crippen MR) is 130 cm³/mol. The normalized spacial score (nSPS) is 48.0. The molecule has 0 aliphatic heterocycles. The van der Waals surface area contributed by atoms with Gasteiger partial charge in [-0.05, 0) is 91.3 Å². The third-order valence-corrected chi connectivity index (χ3v) is 11.3. The topological polar surface area (TPSA) is 40.5 Å². The smallest absolute Gasteiger partial charge is 0.0618 e. The van der Waals surface area contributed by atoms with E-state index in [1.807, 2.05) is 0 Å². The van der Waals surface area contributed by atoms with Crippen molar-refractivity contribution in [3.63, 3.8) is 0 Å². The van der Waals surface area contributed by atoms with Crippen molar-refractivity contribution in [1.82, 2.24) is 0 Å². The van der Waals surface area contributed by atoms with Crippen LogP contribution in [0, 0.1) is 51.8 Å². The van der Waals surface area contributed by atoms with Crippen LogP contribution in [0.2, 0.25) is 0 Å². The van der Waals surface area contributed by atoms with Gasteiger partial charge in [0.15, 0.2) is 0 Å². The first-order valence-electron chi connectivity index (χ1n) is 13.6. The lowest BCUT2D eigenvalue weighted by molar-refractivity contribution is -0.151. The number of rotatable bonds is 6. The molecule has 31 heavy (non-hydrogen) atoms. The van der Waals surface area contributed by atoms with E-state index in [0.717, 1.165) is 42.9 Å². The van der Waals surface area contributed by atoms with Crippen molar-refractivity contribution in [3.05, 3.63) is 11.6 Å². The van der Waals surface area contributed by atoms with E-state index in [-0.39, 0.29) is 23.5 Å². The Hall–Kier alpha value is -0.340. The second-order valence-electron chi connectivity index (χ2n) is 13.4. The van der Waals surface area contributed by atoms with Crippen molar-refractivity contribution in [2.24, 2.45) is 51.8 Å². The van der Waals surface area contributed by atoms with E-state index in [1.165, 1.54) is 44.9 Å². The molecule has 0 spiro atoms. The van der Waals surface area contributed by atoms with E-state index >= 15 is 0 Å². The monoisotopic (exact) mass is 430 g/mol. The molecule has 0 radical (unpaired) electrons. The molecule has 4 aliphatic rings. The average Bonchev–Trinajstić information content (AvgIpc) is 3.08. The molecule has 0 aromatic heterocycles. The van der Waals surface area contributed by atoms with Crippen molar-refractivity contribution in [3.8, 4) is 0 Å². The zero-order valence-electron chi connectivity index (χ0n) is 21.3. The summed E-state index contributed by atoms with van der Waals surface area (Å²) in [5, 5.41) is 21.1. The molecule has 1 unspecified atom stereocenters. The van der Waals surface area contributed by atoms with E-state index in [9.17, 15) is 10.2 Å². The first-order chi connectivity index (χ1) is 14.6. The first-order valence-corrected chi connectivity index (χ1v) is 13.6. The molecule has 178 valence electrons. The average molecular weight is 431 g/mol. The van der Waals surface area contributed by atoms with Gasteiger partial charge in [0.05, 0.1) is 12.7 Å². The fourth-order valence-electron chi connectivity index (χ4n) is 9.38. The minimum atomic E-state index is -0.359. The van der Waals surface area contributed by atoms with Crippen molar-refractivity contribution >= 4 is 0 Å². The summed E-state index contributed by atoms with van der Waals surface area (Å²) in [6.45, 7) is 14.7. The zero-order chi connectivity index (χ0) is 22.6. The van der Waals surface area contributed by atoms with Gasteiger partial charge in [-0.3, -0.25) is 0 Å². The first kappa shape index (κ1) is 23.8. The lowest BCUT2D eigenvalue weighted by atomic mass is 9.43. The molecule has 0 heterocycles. The molecule has 4 rings (SSSR count). The quantitative estimate of drug-likeness (QED) is 0.445. The Labute approximate surface area is 192 Å². The van der Waals surface area contributed by atoms with E-state index < -0.39 is 0 Å². The van der Waals surface area contributed by atoms with Crippen LogP contribution in [-0.4, -0.2) is 22.9 Å². The van der Waals surface area contributed by atoms with Gasteiger partial charge in [-0.2, -0.15) is 0 Å². The van der Waals surface area contributed by atoms with Gasteiger partial charge in [-0.15, -0.1) is 0 Å². The molecule has 0 aromatic carbocycles. The molecule has 0 aromatic rings. The number of hydrogen-bond acceptors (Lipinski definition) is 2. The van der Waals surface area contributed by atoms with Crippen molar-refractivity contribution in [2.75, 3.05) is 6.61 Å². The fraction of sp³-hybridized carbons (Fsp3) is 0.931. The van der Waals surface area contributed by atoms with Gasteiger partial charge in [0.25, 0.3) is 0 Å². The zero-order valence-corrected chi connectivity index (χ0v) is 21.3. The van der Waals surface area contributed by atoms with E-state index in [4.69, 9.17) is 0 Å². The van der Waals surface area contributed by atoms with E-state index in [0.29, 0.717) is 17.3 Å². The molecule has 0 amide bonds. The Morgan fingerprint density at radius 1 is 0.935 bits per heavy atom. The number of aliphatic hydroxyl groups is 2. The summed E-state index contributed by atoms with van der Waals surface area (Å²) in [7, 11) is 0. The molecular weight excluding hydrogens is 380 g/mol.